The van der Waals surface area contributed by atoms with Gasteiger partial charge in [0.2, 0.25) is 0 Å². The van der Waals surface area contributed by atoms with Crippen molar-refractivity contribution in [3.8, 4) is 0 Å². The molecule has 3 heteroatoms. The molecule has 0 atom stereocenters. The zero-order chi connectivity index (χ0) is 9.97. The number of rotatable bonds is 2. The van der Waals surface area contributed by atoms with Crippen molar-refractivity contribution >= 4 is 34.4 Å². The van der Waals surface area contributed by atoms with Crippen LogP contribution in [-0.4, -0.2) is 17.5 Å². The van der Waals surface area contributed by atoms with Gasteiger partial charge in [-0.3, -0.25) is 4.98 Å². The molecule has 0 aliphatic heterocycles. The largest absolute Gasteiger partial charge is 0.255 e. The number of fused-ring (bicyclic) bond motifs is 1. The van der Waals surface area contributed by atoms with Gasteiger partial charge in [0.1, 0.15) is 0 Å². The highest BCUT2D eigenvalue weighted by molar-refractivity contribution is 7.98. The molecule has 0 N–H and O–H groups in total. The summed E-state index contributed by atoms with van der Waals surface area (Å²) in [4.78, 5) is 6.90. The lowest BCUT2D eigenvalue weighted by atomic mass is 10.2. The molecular formula is C11H11NS2. The summed E-state index contributed by atoms with van der Waals surface area (Å²) in [7, 11) is 0. The molecule has 0 saturated heterocycles. The Morgan fingerprint density at radius 2 is 1.71 bits per heavy atom. The SMILES string of the molecule is CSc1ccc2ncc(SC)cc2c1. The molecule has 0 aliphatic rings. The Morgan fingerprint density at radius 3 is 2.43 bits per heavy atom. The second kappa shape index (κ2) is 4.24. The van der Waals surface area contributed by atoms with Gasteiger partial charge in [-0.1, -0.05) is 0 Å². The fourth-order valence-electron chi connectivity index (χ4n) is 1.33. The van der Waals surface area contributed by atoms with Crippen LogP contribution in [0.1, 0.15) is 0 Å². The molecule has 0 bridgehead atoms. The summed E-state index contributed by atoms with van der Waals surface area (Å²) in [5.74, 6) is 0. The van der Waals surface area contributed by atoms with E-state index < -0.39 is 0 Å². The van der Waals surface area contributed by atoms with E-state index in [1.54, 1.807) is 23.5 Å². The van der Waals surface area contributed by atoms with Gasteiger partial charge in [-0.05, 0) is 36.8 Å². The molecule has 72 valence electrons. The summed E-state index contributed by atoms with van der Waals surface area (Å²) < 4.78 is 0. The number of hydrogen-bond donors (Lipinski definition) is 0. The Balaban J connectivity index is 2.60. The van der Waals surface area contributed by atoms with Gasteiger partial charge in [-0.15, -0.1) is 23.5 Å². The third-order valence-electron chi connectivity index (χ3n) is 2.10. The van der Waals surface area contributed by atoms with Gasteiger partial charge in [0, 0.05) is 21.4 Å². The predicted molar refractivity (Wildman–Crippen MR) is 65.3 cm³/mol. The fourth-order valence-corrected chi connectivity index (χ4v) is 2.18. The molecule has 1 aromatic heterocycles. The van der Waals surface area contributed by atoms with Crippen LogP contribution in [0.5, 0.6) is 0 Å². The average molecular weight is 221 g/mol. The van der Waals surface area contributed by atoms with E-state index in [-0.39, 0.29) is 0 Å². The van der Waals surface area contributed by atoms with E-state index in [2.05, 4.69) is 41.8 Å². The minimum absolute atomic E-state index is 1.07. The first-order chi connectivity index (χ1) is 6.83. The van der Waals surface area contributed by atoms with Gasteiger partial charge >= 0.3 is 0 Å². The first-order valence-corrected chi connectivity index (χ1v) is 6.76. The molecule has 1 nitrogen and oxygen atoms in total. The van der Waals surface area contributed by atoms with Crippen LogP contribution in [0.3, 0.4) is 0 Å². The quantitative estimate of drug-likeness (QED) is 0.718. The van der Waals surface area contributed by atoms with Crippen molar-refractivity contribution in [1.29, 1.82) is 0 Å². The van der Waals surface area contributed by atoms with Crippen LogP contribution in [0, 0.1) is 0 Å². The first-order valence-electron chi connectivity index (χ1n) is 4.31. The second-order valence-electron chi connectivity index (χ2n) is 2.93. The highest BCUT2D eigenvalue weighted by atomic mass is 32.2. The molecule has 0 amide bonds. The number of hydrogen-bond acceptors (Lipinski definition) is 3. The van der Waals surface area contributed by atoms with Gasteiger partial charge in [0.25, 0.3) is 0 Å². The number of nitrogens with zero attached hydrogens (tertiary/aromatic N) is 1. The average Bonchev–Trinajstić information content (AvgIpc) is 2.27. The van der Waals surface area contributed by atoms with Crippen molar-refractivity contribution in [2.75, 3.05) is 12.5 Å². The standard InChI is InChI=1S/C11H11NS2/c1-13-9-3-4-11-8(5-9)6-10(14-2)7-12-11/h3-7H,1-2H3. The van der Waals surface area contributed by atoms with E-state index in [4.69, 9.17) is 0 Å². The molecule has 0 radical (unpaired) electrons. The topological polar surface area (TPSA) is 12.9 Å². The summed E-state index contributed by atoms with van der Waals surface area (Å²) in [5.41, 5.74) is 1.07. The summed E-state index contributed by atoms with van der Waals surface area (Å²) in [5, 5.41) is 1.23. The molecule has 0 saturated carbocycles. The molecule has 0 spiro atoms. The number of aromatic nitrogens is 1. The van der Waals surface area contributed by atoms with E-state index in [1.807, 2.05) is 6.20 Å². The maximum Gasteiger partial charge on any atom is 0.0703 e. The van der Waals surface area contributed by atoms with Gasteiger partial charge in [-0.2, -0.15) is 0 Å². The van der Waals surface area contributed by atoms with Gasteiger partial charge < -0.3 is 0 Å². The van der Waals surface area contributed by atoms with Crippen molar-refractivity contribution in [2.45, 2.75) is 9.79 Å². The normalized spacial score (nSPS) is 10.7. The summed E-state index contributed by atoms with van der Waals surface area (Å²) in [6.45, 7) is 0. The number of pyridine rings is 1. The number of benzene rings is 1. The Hall–Kier alpha value is -0.670. The zero-order valence-corrected chi connectivity index (χ0v) is 9.78. The maximum absolute atomic E-state index is 4.40. The molecule has 2 aromatic rings. The van der Waals surface area contributed by atoms with Crippen LogP contribution in [0.4, 0.5) is 0 Å². The van der Waals surface area contributed by atoms with Crippen molar-refractivity contribution in [1.82, 2.24) is 4.98 Å². The van der Waals surface area contributed by atoms with Crippen LogP contribution in [-0.2, 0) is 0 Å². The van der Waals surface area contributed by atoms with E-state index in [1.165, 1.54) is 15.2 Å². The Labute approximate surface area is 92.3 Å². The van der Waals surface area contributed by atoms with Crippen LogP contribution < -0.4 is 0 Å². The fraction of sp³-hybridized carbons (Fsp3) is 0.182. The molecule has 0 fully saturated rings. The summed E-state index contributed by atoms with van der Waals surface area (Å²) in [6.07, 6.45) is 6.08. The van der Waals surface area contributed by atoms with Crippen LogP contribution in [0.25, 0.3) is 10.9 Å². The number of thioether (sulfide) groups is 2. The molecule has 0 aliphatic carbocycles. The third-order valence-corrected chi connectivity index (χ3v) is 3.52. The lowest BCUT2D eigenvalue weighted by Crippen LogP contribution is -1.80. The first kappa shape index (κ1) is 9.87. The minimum atomic E-state index is 1.07. The van der Waals surface area contributed by atoms with Crippen molar-refractivity contribution in [3.63, 3.8) is 0 Å². The van der Waals surface area contributed by atoms with Gasteiger partial charge in [-0.25, -0.2) is 0 Å². The zero-order valence-electron chi connectivity index (χ0n) is 8.15. The molecule has 1 aromatic carbocycles. The van der Waals surface area contributed by atoms with E-state index in [0.29, 0.717) is 0 Å². The lowest BCUT2D eigenvalue weighted by Gasteiger charge is -2.01. The Morgan fingerprint density at radius 1 is 1.00 bits per heavy atom. The second-order valence-corrected chi connectivity index (χ2v) is 4.69. The monoisotopic (exact) mass is 221 g/mol. The van der Waals surface area contributed by atoms with Crippen LogP contribution in [0.15, 0.2) is 40.3 Å². The van der Waals surface area contributed by atoms with Crippen LogP contribution >= 0.6 is 23.5 Å². The maximum atomic E-state index is 4.40. The summed E-state index contributed by atoms with van der Waals surface area (Å²) >= 11 is 3.49. The van der Waals surface area contributed by atoms with Gasteiger partial charge in [0.05, 0.1) is 5.52 Å². The molecular weight excluding hydrogens is 210 g/mol. The lowest BCUT2D eigenvalue weighted by molar-refractivity contribution is 1.30. The molecule has 1 heterocycles. The van der Waals surface area contributed by atoms with Crippen molar-refractivity contribution in [2.24, 2.45) is 0 Å². The minimum Gasteiger partial charge on any atom is -0.255 e. The third kappa shape index (κ3) is 1.88. The Kier molecular flexibility index (Phi) is 2.99. The predicted octanol–water partition coefficient (Wildman–Crippen LogP) is 3.68. The van der Waals surface area contributed by atoms with Gasteiger partial charge in [0.15, 0.2) is 0 Å². The smallest absolute Gasteiger partial charge is 0.0703 e. The molecule has 0 unspecified atom stereocenters. The molecule has 14 heavy (non-hydrogen) atoms. The highest BCUT2D eigenvalue weighted by Crippen LogP contribution is 2.23. The van der Waals surface area contributed by atoms with Crippen LogP contribution in [0.2, 0.25) is 0 Å². The Bertz CT molecular complexity index is 415. The van der Waals surface area contributed by atoms with E-state index >= 15 is 0 Å². The summed E-state index contributed by atoms with van der Waals surface area (Å²) in [6, 6.07) is 8.56. The van der Waals surface area contributed by atoms with Crippen molar-refractivity contribution < 1.29 is 0 Å². The highest BCUT2D eigenvalue weighted by Gasteiger charge is 1.98. The van der Waals surface area contributed by atoms with Crippen molar-refractivity contribution in [3.05, 3.63) is 30.5 Å². The van der Waals surface area contributed by atoms with E-state index in [0.717, 1.165) is 5.52 Å². The van der Waals surface area contributed by atoms with E-state index in [9.17, 15) is 0 Å². The molecule has 2 rings (SSSR count).